The third-order valence-electron chi connectivity index (χ3n) is 7.05. The number of hydrogen-bond acceptors (Lipinski definition) is 1. The predicted molar refractivity (Wildman–Crippen MR) is 211 cm³/mol. The number of thiol groups is 1. The maximum absolute atomic E-state index is 3.87. The minimum atomic E-state index is 0. The van der Waals surface area contributed by atoms with Crippen LogP contribution in [0.15, 0.2) is 146 Å². The summed E-state index contributed by atoms with van der Waals surface area (Å²) in [6.07, 6.45) is 3.59. The van der Waals surface area contributed by atoms with Gasteiger partial charge in [0, 0.05) is 65.4 Å². The van der Waals surface area contributed by atoms with Gasteiger partial charge < -0.3 is 14.9 Å². The summed E-state index contributed by atoms with van der Waals surface area (Å²) in [4.78, 5) is 0. The van der Waals surface area contributed by atoms with Gasteiger partial charge in [-0.3, -0.25) is 0 Å². The van der Waals surface area contributed by atoms with Crippen LogP contribution in [-0.4, -0.2) is 6.26 Å². The molecule has 0 aliphatic carbocycles. The van der Waals surface area contributed by atoms with Crippen LogP contribution in [0.25, 0.3) is 49.4 Å². The molecule has 0 spiro atoms. The molecule has 0 saturated heterocycles. The van der Waals surface area contributed by atoms with Crippen LogP contribution in [0, 0.1) is 59.0 Å². The summed E-state index contributed by atoms with van der Waals surface area (Å²) in [7, 11) is 0. The van der Waals surface area contributed by atoms with Gasteiger partial charge in [0.1, 0.15) is 0 Å². The molecular formula is C46H42KSY2-7. The zero-order chi connectivity index (χ0) is 31.9. The molecule has 4 heteroatoms. The van der Waals surface area contributed by atoms with E-state index in [1.165, 1.54) is 21.7 Å². The summed E-state index contributed by atoms with van der Waals surface area (Å²) < 4.78 is 0. The van der Waals surface area contributed by atoms with Gasteiger partial charge in [0.05, 0.1) is 0 Å². The van der Waals surface area contributed by atoms with Crippen molar-refractivity contribution in [1.82, 2.24) is 0 Å². The number of fused-ring (bicyclic) bond motifs is 3. The van der Waals surface area contributed by atoms with Crippen LogP contribution in [0.5, 0.6) is 0 Å². The van der Waals surface area contributed by atoms with Crippen molar-refractivity contribution in [1.29, 1.82) is 0 Å². The van der Waals surface area contributed by atoms with E-state index in [4.69, 9.17) is 0 Å². The van der Waals surface area contributed by atoms with Gasteiger partial charge in [-0.1, -0.05) is 72.5 Å². The van der Waals surface area contributed by atoms with E-state index >= 15 is 0 Å². The van der Waals surface area contributed by atoms with Gasteiger partial charge in [-0.15, -0.1) is 52.4 Å². The summed E-state index contributed by atoms with van der Waals surface area (Å²) in [5.74, 6) is 0. The number of allylic oxidation sites excluding steroid dienone is 2. The monoisotopic (exact) mass is 843 g/mol. The summed E-state index contributed by atoms with van der Waals surface area (Å²) in [6, 6.07) is 63.0. The molecule has 7 rings (SSSR count). The van der Waals surface area contributed by atoms with Gasteiger partial charge in [0.15, 0.2) is 0 Å². The Balaban J connectivity index is 0. The van der Waals surface area contributed by atoms with Crippen molar-refractivity contribution in [3.63, 3.8) is 0 Å². The molecule has 0 bridgehead atoms. The molecule has 0 atom stereocenters. The molecule has 0 amide bonds. The van der Waals surface area contributed by atoms with Gasteiger partial charge in [0.2, 0.25) is 0 Å². The van der Waals surface area contributed by atoms with E-state index in [2.05, 4.69) is 124 Å². The smallest absolute Gasteiger partial charge is 0.358 e. The standard InChI is InChI=1S/C18H14.C13H10.C12H8.CH4S.2CH3.K.2Y/c1-3-13(2)18-12-14-8-4-5-9-15(14)16-10-6-7-11-17(16)18;1-11-7-9-13(10-8-11)12-5-3-2-4-6-12;1-3-7-11(8-4-1)12-9-5-2-6-10-12;1-2;;;;;/h3-11H,1H2,2H3;2-5,7-9H,1H3;1-7,9H;2H,1H3;2*1H3;;;/q3*-2;;2*-1;+1;;/b13-3-;;;;;;;;. The first-order valence-corrected chi connectivity index (χ1v) is 15.7. The summed E-state index contributed by atoms with van der Waals surface area (Å²) in [6.45, 7) is 8.01. The van der Waals surface area contributed by atoms with E-state index < -0.39 is 0 Å². The Labute approximate surface area is 401 Å². The molecular weight excluding hydrogens is 801 g/mol. The maximum Gasteiger partial charge on any atom is 1.00 e. The predicted octanol–water partition coefficient (Wildman–Crippen LogP) is 9.69. The summed E-state index contributed by atoms with van der Waals surface area (Å²) in [5.41, 5.74) is 7.95. The Morgan fingerprint density at radius 2 is 0.980 bits per heavy atom. The van der Waals surface area contributed by atoms with E-state index in [0.717, 1.165) is 38.8 Å². The zero-order valence-electron chi connectivity index (χ0n) is 30.2. The average Bonchev–Trinajstić information content (AvgIpc) is 3.14. The summed E-state index contributed by atoms with van der Waals surface area (Å²) >= 11 is 3.53. The van der Waals surface area contributed by atoms with Gasteiger partial charge in [-0.25, -0.2) is 29.2 Å². The topological polar surface area (TPSA) is 0 Å². The number of aryl methyl sites for hydroxylation is 1. The summed E-state index contributed by atoms with van der Waals surface area (Å²) in [5, 5.41) is 4.94. The van der Waals surface area contributed by atoms with Gasteiger partial charge in [-0.2, -0.15) is 116 Å². The normalized spacial score (nSPS) is 9.40. The molecule has 0 heterocycles. The fourth-order valence-corrected chi connectivity index (χ4v) is 4.73. The van der Waals surface area contributed by atoms with Crippen LogP contribution in [0.3, 0.4) is 0 Å². The molecule has 7 aromatic carbocycles. The van der Waals surface area contributed by atoms with Crippen LogP contribution >= 0.6 is 12.6 Å². The molecule has 2 radical (unpaired) electrons. The van der Waals surface area contributed by atoms with E-state index in [-0.39, 0.29) is 132 Å². The van der Waals surface area contributed by atoms with Crippen molar-refractivity contribution in [2.45, 2.75) is 13.8 Å². The Bertz CT molecular complexity index is 1890. The van der Waals surface area contributed by atoms with E-state index in [9.17, 15) is 0 Å². The van der Waals surface area contributed by atoms with Gasteiger partial charge >= 0.3 is 51.4 Å². The van der Waals surface area contributed by atoms with Crippen LogP contribution in [0.1, 0.15) is 18.1 Å². The molecule has 0 aliphatic heterocycles. The van der Waals surface area contributed by atoms with E-state index in [1.54, 1.807) is 6.26 Å². The van der Waals surface area contributed by atoms with Crippen LogP contribution < -0.4 is 51.4 Å². The molecule has 50 heavy (non-hydrogen) atoms. The maximum atomic E-state index is 3.87. The first kappa shape index (κ1) is 51.0. The molecule has 0 N–H and O–H groups in total. The van der Waals surface area contributed by atoms with Gasteiger partial charge in [-0.05, 0) is 6.26 Å². The Kier molecular flexibility index (Phi) is 28.9. The quantitative estimate of drug-likeness (QED) is 0.0780. The number of benzene rings is 7. The van der Waals surface area contributed by atoms with E-state index in [1.807, 2.05) is 84.9 Å². The van der Waals surface area contributed by atoms with Crippen LogP contribution in [-0.2, 0) is 65.4 Å². The molecule has 0 aliphatic rings. The second kappa shape index (κ2) is 28.4. The van der Waals surface area contributed by atoms with Crippen molar-refractivity contribution < 1.29 is 117 Å². The Morgan fingerprint density at radius 3 is 1.40 bits per heavy atom. The molecule has 0 aromatic heterocycles. The third kappa shape index (κ3) is 15.1. The van der Waals surface area contributed by atoms with Crippen molar-refractivity contribution >= 4 is 39.7 Å². The SMILES string of the molecule is CS.Cc1c[c-]c(-c2[c-]cccc2)cc1.[CH2-]/C=C(/C)c1[c-]c2ccccc2c2ccccc12.[CH3-].[CH3-].[K+].[Y].[Y].[c-]1ccccc1-c1[c-]cccc1. The van der Waals surface area contributed by atoms with Gasteiger partial charge in [0.25, 0.3) is 0 Å². The van der Waals surface area contributed by atoms with Crippen LogP contribution in [0.2, 0.25) is 0 Å². The largest absolute Gasteiger partial charge is 1.00 e. The number of hydrogen-bond donors (Lipinski definition) is 1. The van der Waals surface area contributed by atoms with Crippen molar-refractivity contribution in [3.8, 4) is 22.3 Å². The molecule has 0 unspecified atom stereocenters. The first-order chi connectivity index (χ1) is 22.1. The molecule has 0 saturated carbocycles. The fourth-order valence-electron chi connectivity index (χ4n) is 4.73. The molecule has 246 valence electrons. The fraction of sp³-hybridized carbons (Fsp3) is 0.0652. The average molecular weight is 844 g/mol. The second-order valence-corrected chi connectivity index (χ2v) is 10.1. The third-order valence-corrected chi connectivity index (χ3v) is 7.05. The minimum absolute atomic E-state index is 0. The molecule has 0 fully saturated rings. The Hall–Kier alpha value is -1.14. The molecule has 7 aromatic rings. The zero-order valence-corrected chi connectivity index (χ0v) is 39.9. The molecule has 0 nitrogen and oxygen atoms in total. The van der Waals surface area contributed by atoms with E-state index in [0.29, 0.717) is 0 Å². The van der Waals surface area contributed by atoms with Crippen LogP contribution in [0.4, 0.5) is 0 Å². The second-order valence-electron chi connectivity index (χ2n) is 10.1. The number of rotatable bonds is 3. The van der Waals surface area contributed by atoms with Crippen molar-refractivity contribution in [2.75, 3.05) is 6.26 Å². The first-order valence-electron chi connectivity index (χ1n) is 14.8. The minimum Gasteiger partial charge on any atom is -0.358 e. The van der Waals surface area contributed by atoms with Crippen molar-refractivity contribution in [3.05, 3.63) is 209 Å². The van der Waals surface area contributed by atoms with Crippen molar-refractivity contribution in [2.24, 2.45) is 0 Å². The Morgan fingerprint density at radius 1 is 0.560 bits per heavy atom.